The predicted molar refractivity (Wildman–Crippen MR) is 102 cm³/mol. The summed E-state index contributed by atoms with van der Waals surface area (Å²) in [6.07, 6.45) is 1.25. The van der Waals surface area contributed by atoms with Gasteiger partial charge in [-0.25, -0.2) is 0 Å². The van der Waals surface area contributed by atoms with Crippen molar-refractivity contribution < 1.29 is 9.90 Å². The monoisotopic (exact) mass is 336 g/mol. The molecule has 0 saturated heterocycles. The Morgan fingerprint density at radius 2 is 1.52 bits per heavy atom. The van der Waals surface area contributed by atoms with Crippen molar-refractivity contribution in [2.45, 2.75) is 39.7 Å². The highest BCUT2D eigenvalue weighted by atomic mass is 16.3. The van der Waals surface area contributed by atoms with Gasteiger partial charge in [0.25, 0.3) is 0 Å². The highest BCUT2D eigenvalue weighted by Gasteiger charge is 2.41. The third-order valence-corrected chi connectivity index (χ3v) is 5.74. The van der Waals surface area contributed by atoms with Gasteiger partial charge in [0, 0.05) is 5.92 Å². The van der Waals surface area contributed by atoms with E-state index in [4.69, 9.17) is 0 Å². The zero-order chi connectivity index (χ0) is 18.0. The predicted octanol–water partition coefficient (Wildman–Crippen LogP) is 5.27. The minimum atomic E-state index is -0.714. The van der Waals surface area contributed by atoms with Crippen LogP contribution in [0.15, 0.2) is 54.6 Å². The van der Waals surface area contributed by atoms with Crippen molar-refractivity contribution in [3.05, 3.63) is 60.2 Å². The van der Waals surface area contributed by atoms with E-state index < -0.39 is 6.10 Å². The number of hydrogen-bond donors (Lipinski definition) is 1. The molecule has 1 aliphatic carbocycles. The number of aliphatic hydroxyl groups is 1. The van der Waals surface area contributed by atoms with Gasteiger partial charge in [-0.1, -0.05) is 75.4 Å². The molecular formula is C23H28O2. The summed E-state index contributed by atoms with van der Waals surface area (Å²) in [5.41, 5.74) is 3.12. The van der Waals surface area contributed by atoms with Gasteiger partial charge in [0.2, 0.25) is 0 Å². The number of aliphatic hydroxyl groups excluding tert-OH is 1. The van der Waals surface area contributed by atoms with Crippen molar-refractivity contribution in [3.63, 3.8) is 0 Å². The van der Waals surface area contributed by atoms with Gasteiger partial charge >= 0.3 is 0 Å². The minimum Gasteiger partial charge on any atom is -0.388 e. The Bertz CT molecular complexity index is 703. The molecule has 0 unspecified atom stereocenters. The van der Waals surface area contributed by atoms with Crippen molar-refractivity contribution in [1.82, 2.24) is 0 Å². The maximum Gasteiger partial charge on any atom is 0.142 e. The second kappa shape index (κ2) is 7.53. The third-order valence-electron chi connectivity index (χ3n) is 5.74. The molecule has 132 valence electrons. The molecule has 1 saturated carbocycles. The fourth-order valence-electron chi connectivity index (χ4n) is 4.13. The van der Waals surface area contributed by atoms with Crippen LogP contribution in [0.25, 0.3) is 11.1 Å². The summed E-state index contributed by atoms with van der Waals surface area (Å²) >= 11 is 0. The lowest BCUT2D eigenvalue weighted by Crippen LogP contribution is -2.39. The van der Waals surface area contributed by atoms with Gasteiger partial charge in [0.15, 0.2) is 0 Å². The molecular weight excluding hydrogens is 308 g/mol. The molecule has 2 aromatic rings. The second-order valence-corrected chi connectivity index (χ2v) is 7.77. The Labute approximate surface area is 150 Å². The summed E-state index contributed by atoms with van der Waals surface area (Å²) in [5.74, 6) is 0.609. The van der Waals surface area contributed by atoms with E-state index in [1.807, 2.05) is 42.5 Å². The molecule has 2 nitrogen and oxygen atoms in total. The van der Waals surface area contributed by atoms with Crippen LogP contribution >= 0.6 is 0 Å². The topological polar surface area (TPSA) is 37.3 Å². The van der Waals surface area contributed by atoms with Crippen LogP contribution in [0.5, 0.6) is 0 Å². The lowest BCUT2D eigenvalue weighted by Gasteiger charge is -2.37. The molecule has 0 aliphatic heterocycles. The van der Waals surface area contributed by atoms with Gasteiger partial charge in [-0.05, 0) is 41.4 Å². The van der Waals surface area contributed by atoms with E-state index in [2.05, 4.69) is 32.9 Å². The van der Waals surface area contributed by atoms with Crippen LogP contribution in [0.4, 0.5) is 0 Å². The molecule has 0 aromatic heterocycles. The number of Topliss-reactive ketones (excluding diaryl/α,β-unsaturated/α-hetero) is 1. The summed E-state index contributed by atoms with van der Waals surface area (Å²) < 4.78 is 0. The first kappa shape index (κ1) is 17.9. The molecule has 1 aliphatic rings. The van der Waals surface area contributed by atoms with Gasteiger partial charge < -0.3 is 5.11 Å². The van der Waals surface area contributed by atoms with Crippen LogP contribution in [0, 0.1) is 23.7 Å². The molecule has 0 amide bonds. The molecule has 1 N–H and O–H groups in total. The second-order valence-electron chi connectivity index (χ2n) is 7.77. The van der Waals surface area contributed by atoms with Crippen LogP contribution < -0.4 is 0 Å². The van der Waals surface area contributed by atoms with Gasteiger partial charge in [-0.2, -0.15) is 0 Å². The highest BCUT2D eigenvalue weighted by Crippen LogP contribution is 2.41. The Kier molecular flexibility index (Phi) is 5.39. The van der Waals surface area contributed by atoms with Crippen LogP contribution in [-0.2, 0) is 4.79 Å². The van der Waals surface area contributed by atoms with Crippen molar-refractivity contribution in [2.24, 2.45) is 23.7 Å². The lowest BCUT2D eigenvalue weighted by molar-refractivity contribution is -0.138. The normalized spacial score (nSPS) is 25.2. The van der Waals surface area contributed by atoms with Crippen molar-refractivity contribution >= 4 is 5.78 Å². The number of carbonyl (C=O) groups excluding carboxylic acids is 1. The fourth-order valence-corrected chi connectivity index (χ4v) is 4.13. The molecule has 2 aromatic carbocycles. The van der Waals surface area contributed by atoms with Crippen molar-refractivity contribution in [1.29, 1.82) is 0 Å². The van der Waals surface area contributed by atoms with Crippen LogP contribution in [0.1, 0.15) is 45.3 Å². The zero-order valence-corrected chi connectivity index (χ0v) is 15.4. The first-order chi connectivity index (χ1) is 12.0. The SMILES string of the molecule is CC(C)[C@@H]1CC[C@@H](C)[C@H]([C@@H](O)c2ccc(-c3ccccc3)cc2)C1=O. The van der Waals surface area contributed by atoms with Gasteiger partial charge in [0.1, 0.15) is 5.78 Å². The van der Waals surface area contributed by atoms with Crippen molar-refractivity contribution in [3.8, 4) is 11.1 Å². The summed E-state index contributed by atoms with van der Waals surface area (Å²) in [6, 6.07) is 18.2. The Hall–Kier alpha value is -1.93. The van der Waals surface area contributed by atoms with E-state index in [-0.39, 0.29) is 23.5 Å². The Morgan fingerprint density at radius 3 is 2.12 bits per heavy atom. The quantitative estimate of drug-likeness (QED) is 0.825. The van der Waals surface area contributed by atoms with Crippen molar-refractivity contribution in [2.75, 3.05) is 0 Å². The molecule has 2 heteroatoms. The smallest absolute Gasteiger partial charge is 0.142 e. The Morgan fingerprint density at radius 1 is 0.920 bits per heavy atom. The largest absolute Gasteiger partial charge is 0.388 e. The molecule has 0 radical (unpaired) electrons. The van der Waals surface area contributed by atoms with E-state index in [0.717, 1.165) is 29.5 Å². The number of hydrogen-bond acceptors (Lipinski definition) is 2. The summed E-state index contributed by atoms with van der Waals surface area (Å²) in [7, 11) is 0. The maximum atomic E-state index is 12.9. The fraction of sp³-hybridized carbons (Fsp3) is 0.435. The molecule has 1 fully saturated rings. The highest BCUT2D eigenvalue weighted by molar-refractivity contribution is 5.85. The first-order valence-electron chi connectivity index (χ1n) is 9.36. The van der Waals surface area contributed by atoms with E-state index in [1.165, 1.54) is 0 Å². The lowest BCUT2D eigenvalue weighted by atomic mass is 9.67. The Balaban J connectivity index is 1.82. The number of ketones is 1. The number of rotatable bonds is 4. The van der Waals surface area contributed by atoms with Crippen LogP contribution in [-0.4, -0.2) is 10.9 Å². The average Bonchev–Trinajstić information content (AvgIpc) is 2.62. The first-order valence-corrected chi connectivity index (χ1v) is 9.36. The van der Waals surface area contributed by atoms with Gasteiger partial charge in [-0.3, -0.25) is 4.79 Å². The molecule has 3 rings (SSSR count). The molecule has 0 spiro atoms. The van der Waals surface area contributed by atoms with Crippen LogP contribution in [0.2, 0.25) is 0 Å². The summed E-state index contributed by atoms with van der Waals surface area (Å²) in [5, 5.41) is 10.9. The van der Waals surface area contributed by atoms with Gasteiger partial charge in [0.05, 0.1) is 12.0 Å². The minimum absolute atomic E-state index is 0.0828. The van der Waals surface area contributed by atoms with E-state index in [1.54, 1.807) is 0 Å². The molecule has 4 atom stereocenters. The van der Waals surface area contributed by atoms with E-state index in [9.17, 15) is 9.90 Å². The van der Waals surface area contributed by atoms with E-state index in [0.29, 0.717) is 5.92 Å². The van der Waals surface area contributed by atoms with Gasteiger partial charge in [-0.15, -0.1) is 0 Å². The zero-order valence-electron chi connectivity index (χ0n) is 15.4. The van der Waals surface area contributed by atoms with E-state index >= 15 is 0 Å². The molecule has 25 heavy (non-hydrogen) atoms. The third kappa shape index (κ3) is 3.69. The average molecular weight is 336 g/mol. The standard InChI is InChI=1S/C23H28O2/c1-15(2)20-14-9-16(3)21(23(20)25)22(24)19-12-10-18(11-13-19)17-7-5-4-6-8-17/h4-8,10-13,15-16,20-22,24H,9,14H2,1-3H3/t16-,20+,21-,22+/m1/s1. The number of benzene rings is 2. The number of carbonyl (C=O) groups is 1. The molecule has 0 bridgehead atoms. The molecule has 0 heterocycles. The summed E-state index contributed by atoms with van der Waals surface area (Å²) in [6.45, 7) is 6.31. The van der Waals surface area contributed by atoms with Crippen LogP contribution in [0.3, 0.4) is 0 Å². The summed E-state index contributed by atoms with van der Waals surface area (Å²) in [4.78, 5) is 12.9. The maximum absolute atomic E-state index is 12.9.